The standard InChI is InChI=1S/C30H31F2N7OS/c31-30(32)8-1-9-39(18-30)17-24-12-23(36-29(37-24)35-22-3-5-25(40)6-4-22)13-28-38-26-7-2-20(11-27(26)41-28)21-10-19(14-33)15-34-16-21/h2,7,10-12,15-16,22,25,40H,1,3-6,8-9,13,17-18H2,(H,35,36,37). The molecule has 4 heterocycles. The zero-order valence-corrected chi connectivity index (χ0v) is 23.4. The van der Waals surface area contributed by atoms with Crippen LogP contribution in [0.5, 0.6) is 0 Å². The number of rotatable bonds is 7. The topological polar surface area (TPSA) is 111 Å². The third kappa shape index (κ3) is 6.84. The van der Waals surface area contributed by atoms with Gasteiger partial charge in [0.15, 0.2) is 0 Å². The number of fused-ring (bicyclic) bond motifs is 1. The highest BCUT2D eigenvalue weighted by Crippen LogP contribution is 2.31. The van der Waals surface area contributed by atoms with Crippen LogP contribution in [0, 0.1) is 11.3 Å². The Bertz CT molecular complexity index is 1580. The molecule has 1 aromatic carbocycles. The zero-order valence-electron chi connectivity index (χ0n) is 22.6. The molecule has 41 heavy (non-hydrogen) atoms. The molecule has 0 unspecified atom stereocenters. The molecule has 6 rings (SSSR count). The first kappa shape index (κ1) is 27.6. The van der Waals surface area contributed by atoms with Crippen molar-refractivity contribution in [2.45, 2.75) is 69.6 Å². The van der Waals surface area contributed by atoms with Crippen LogP contribution in [-0.2, 0) is 13.0 Å². The van der Waals surface area contributed by atoms with Crippen molar-refractivity contribution < 1.29 is 13.9 Å². The lowest BCUT2D eigenvalue weighted by atomic mass is 9.93. The lowest BCUT2D eigenvalue weighted by Gasteiger charge is -2.32. The number of likely N-dealkylation sites (tertiary alicyclic amines) is 1. The number of anilines is 1. The number of hydrogen-bond acceptors (Lipinski definition) is 9. The van der Waals surface area contributed by atoms with E-state index in [9.17, 15) is 19.1 Å². The van der Waals surface area contributed by atoms with Gasteiger partial charge < -0.3 is 10.4 Å². The summed E-state index contributed by atoms with van der Waals surface area (Å²) in [6, 6.07) is 12.0. The van der Waals surface area contributed by atoms with Gasteiger partial charge in [-0.2, -0.15) is 5.26 Å². The van der Waals surface area contributed by atoms with E-state index in [0.29, 0.717) is 43.1 Å². The molecule has 1 saturated carbocycles. The molecule has 1 aliphatic heterocycles. The number of nitriles is 1. The fourth-order valence-corrected chi connectivity index (χ4v) is 6.67. The van der Waals surface area contributed by atoms with E-state index in [2.05, 4.69) is 22.4 Å². The van der Waals surface area contributed by atoms with Crippen molar-refractivity contribution in [2.75, 3.05) is 18.4 Å². The van der Waals surface area contributed by atoms with Gasteiger partial charge in [-0.15, -0.1) is 11.3 Å². The Morgan fingerprint density at radius 1 is 1.05 bits per heavy atom. The van der Waals surface area contributed by atoms with Gasteiger partial charge in [0.2, 0.25) is 5.95 Å². The molecule has 1 saturated heterocycles. The van der Waals surface area contributed by atoms with Crippen LogP contribution in [0.3, 0.4) is 0 Å². The average Bonchev–Trinajstić information content (AvgIpc) is 3.35. The minimum absolute atomic E-state index is 0.0710. The number of aliphatic hydroxyl groups is 1. The summed E-state index contributed by atoms with van der Waals surface area (Å²) in [4.78, 5) is 20.3. The molecule has 0 bridgehead atoms. The summed E-state index contributed by atoms with van der Waals surface area (Å²) < 4.78 is 29.2. The molecular formula is C30H31F2N7OS. The fourth-order valence-electron chi connectivity index (χ4n) is 5.64. The summed E-state index contributed by atoms with van der Waals surface area (Å²) in [6.07, 6.45) is 7.03. The van der Waals surface area contributed by atoms with E-state index in [1.54, 1.807) is 28.6 Å². The number of thiazole rings is 1. The third-order valence-electron chi connectivity index (χ3n) is 7.69. The van der Waals surface area contributed by atoms with E-state index in [4.69, 9.17) is 15.0 Å². The van der Waals surface area contributed by atoms with Crippen LogP contribution in [0.4, 0.5) is 14.7 Å². The van der Waals surface area contributed by atoms with Gasteiger partial charge in [0, 0.05) is 43.4 Å². The Morgan fingerprint density at radius 2 is 1.88 bits per heavy atom. The maximum atomic E-state index is 14.1. The van der Waals surface area contributed by atoms with Gasteiger partial charge in [0.25, 0.3) is 5.92 Å². The summed E-state index contributed by atoms with van der Waals surface area (Å²) in [5.41, 5.74) is 4.71. The molecular weight excluding hydrogens is 544 g/mol. The SMILES string of the molecule is N#Cc1cncc(-c2ccc3nc(Cc4cc(CN5CCCC(F)(F)C5)nc(NC5CCC(O)CC5)n4)sc3c2)c1. The quantitative estimate of drug-likeness (QED) is 0.295. The molecule has 1 aliphatic carbocycles. The fraction of sp³-hybridized carbons (Fsp3) is 0.433. The number of nitrogens with one attached hydrogen (secondary N) is 1. The number of nitrogens with zero attached hydrogens (tertiary/aromatic N) is 6. The molecule has 212 valence electrons. The second-order valence-corrected chi connectivity index (χ2v) is 12.2. The first-order valence-electron chi connectivity index (χ1n) is 14.0. The lowest BCUT2D eigenvalue weighted by molar-refractivity contribution is -0.0663. The molecule has 0 radical (unpaired) electrons. The third-order valence-corrected chi connectivity index (χ3v) is 8.70. The summed E-state index contributed by atoms with van der Waals surface area (Å²) in [5.74, 6) is -2.18. The Labute approximate surface area is 241 Å². The van der Waals surface area contributed by atoms with E-state index < -0.39 is 5.92 Å². The Balaban J connectivity index is 1.25. The van der Waals surface area contributed by atoms with Crippen LogP contribution >= 0.6 is 11.3 Å². The Morgan fingerprint density at radius 3 is 2.68 bits per heavy atom. The Kier molecular flexibility index (Phi) is 7.88. The van der Waals surface area contributed by atoms with Crippen molar-refractivity contribution in [3.05, 3.63) is 64.7 Å². The van der Waals surface area contributed by atoms with Gasteiger partial charge in [0.05, 0.1) is 44.8 Å². The van der Waals surface area contributed by atoms with Crippen LogP contribution in [0.15, 0.2) is 42.7 Å². The minimum atomic E-state index is -2.68. The van der Waals surface area contributed by atoms with Crippen LogP contribution in [0.2, 0.25) is 0 Å². The second kappa shape index (κ2) is 11.7. The molecule has 0 amide bonds. The lowest BCUT2D eigenvalue weighted by Crippen LogP contribution is -2.42. The predicted octanol–water partition coefficient (Wildman–Crippen LogP) is 5.56. The number of piperidine rings is 1. The monoisotopic (exact) mass is 575 g/mol. The number of aliphatic hydroxyl groups excluding tert-OH is 1. The average molecular weight is 576 g/mol. The smallest absolute Gasteiger partial charge is 0.260 e. The van der Waals surface area contributed by atoms with Crippen LogP contribution in [0.1, 0.15) is 60.5 Å². The number of alkyl halides is 2. The maximum absolute atomic E-state index is 14.1. The molecule has 2 fully saturated rings. The van der Waals surface area contributed by atoms with Crippen LogP contribution in [-0.4, -0.2) is 61.1 Å². The first-order valence-corrected chi connectivity index (χ1v) is 14.8. The highest BCUT2D eigenvalue weighted by Gasteiger charge is 2.35. The van der Waals surface area contributed by atoms with E-state index in [0.717, 1.165) is 57.7 Å². The number of benzene rings is 1. The number of aromatic nitrogens is 4. The zero-order chi connectivity index (χ0) is 28.4. The largest absolute Gasteiger partial charge is 0.393 e. The first-order chi connectivity index (χ1) is 19.8. The van der Waals surface area contributed by atoms with Crippen molar-refractivity contribution in [1.29, 1.82) is 5.26 Å². The van der Waals surface area contributed by atoms with Gasteiger partial charge in [-0.05, 0) is 68.5 Å². The molecule has 2 aliphatic rings. The van der Waals surface area contributed by atoms with Crippen molar-refractivity contribution in [3.63, 3.8) is 0 Å². The van der Waals surface area contributed by atoms with Crippen LogP contribution < -0.4 is 5.32 Å². The van der Waals surface area contributed by atoms with Crippen molar-refractivity contribution in [3.8, 4) is 17.2 Å². The highest BCUT2D eigenvalue weighted by molar-refractivity contribution is 7.18. The van der Waals surface area contributed by atoms with E-state index in [1.807, 2.05) is 24.3 Å². The highest BCUT2D eigenvalue weighted by atomic mass is 32.1. The summed E-state index contributed by atoms with van der Waals surface area (Å²) in [6.45, 7) is 0.690. The number of hydrogen-bond donors (Lipinski definition) is 2. The molecule has 0 spiro atoms. The van der Waals surface area contributed by atoms with Gasteiger partial charge in [-0.3, -0.25) is 9.88 Å². The second-order valence-electron chi connectivity index (χ2n) is 11.0. The van der Waals surface area contributed by atoms with Gasteiger partial charge in [-0.25, -0.2) is 23.7 Å². The van der Waals surface area contributed by atoms with Crippen molar-refractivity contribution in [2.24, 2.45) is 0 Å². The Hall–Kier alpha value is -3.59. The number of halogens is 2. The molecule has 4 aromatic rings. The number of pyridine rings is 1. The summed E-state index contributed by atoms with van der Waals surface area (Å²) >= 11 is 1.58. The summed E-state index contributed by atoms with van der Waals surface area (Å²) in [5, 5.41) is 23.4. The van der Waals surface area contributed by atoms with E-state index >= 15 is 0 Å². The van der Waals surface area contributed by atoms with Crippen molar-refractivity contribution >= 4 is 27.5 Å². The maximum Gasteiger partial charge on any atom is 0.260 e. The molecule has 2 N–H and O–H groups in total. The molecule has 8 nitrogen and oxygen atoms in total. The molecule has 3 aromatic heterocycles. The van der Waals surface area contributed by atoms with Gasteiger partial charge >= 0.3 is 0 Å². The molecule has 11 heteroatoms. The summed E-state index contributed by atoms with van der Waals surface area (Å²) in [7, 11) is 0. The van der Waals surface area contributed by atoms with E-state index in [-0.39, 0.29) is 25.1 Å². The normalized spacial score (nSPS) is 21.0. The van der Waals surface area contributed by atoms with Crippen LogP contribution in [0.25, 0.3) is 21.3 Å². The van der Waals surface area contributed by atoms with Gasteiger partial charge in [0.1, 0.15) is 6.07 Å². The van der Waals surface area contributed by atoms with Crippen molar-refractivity contribution in [1.82, 2.24) is 24.8 Å². The van der Waals surface area contributed by atoms with E-state index in [1.165, 1.54) is 0 Å². The predicted molar refractivity (Wildman–Crippen MR) is 154 cm³/mol. The molecule has 0 atom stereocenters. The van der Waals surface area contributed by atoms with Gasteiger partial charge in [-0.1, -0.05) is 6.07 Å². The minimum Gasteiger partial charge on any atom is -0.393 e.